The lowest BCUT2D eigenvalue weighted by Crippen LogP contribution is -1.82. The van der Waals surface area contributed by atoms with Crippen LogP contribution in [-0.4, -0.2) is 15.0 Å². The average Bonchev–Trinajstić information content (AvgIpc) is 2.73. The molecule has 0 aliphatic heterocycles. The summed E-state index contributed by atoms with van der Waals surface area (Å²) < 4.78 is 13.7. The summed E-state index contributed by atoms with van der Waals surface area (Å²) in [5.41, 5.74) is 1.68. The summed E-state index contributed by atoms with van der Waals surface area (Å²) in [5, 5.41) is 0.829. The molecule has 3 heterocycles. The standard InChI is InChI=1S/C11H6FN3S/c12-10-2-1-7(5-14-10)11-15-8-6-13-4-3-9(8)16-11/h1-6H. The molecule has 3 nitrogen and oxygen atoms in total. The van der Waals surface area contributed by atoms with Crippen molar-refractivity contribution in [3.8, 4) is 10.6 Å². The molecule has 0 spiro atoms. The number of hydrogen-bond acceptors (Lipinski definition) is 4. The quantitative estimate of drug-likeness (QED) is 0.604. The molecule has 0 aliphatic rings. The van der Waals surface area contributed by atoms with Gasteiger partial charge in [-0.3, -0.25) is 4.98 Å². The Morgan fingerprint density at radius 1 is 1.12 bits per heavy atom. The first-order valence-electron chi connectivity index (χ1n) is 4.65. The average molecular weight is 231 g/mol. The van der Waals surface area contributed by atoms with E-state index >= 15 is 0 Å². The van der Waals surface area contributed by atoms with E-state index in [1.807, 2.05) is 6.07 Å². The Morgan fingerprint density at radius 2 is 2.06 bits per heavy atom. The van der Waals surface area contributed by atoms with E-state index < -0.39 is 5.95 Å². The van der Waals surface area contributed by atoms with Crippen molar-refractivity contribution in [2.75, 3.05) is 0 Å². The predicted octanol–water partition coefficient (Wildman–Crippen LogP) is 2.89. The Bertz CT molecular complexity index is 600. The minimum absolute atomic E-state index is 0.480. The third-order valence-electron chi connectivity index (χ3n) is 2.16. The highest BCUT2D eigenvalue weighted by molar-refractivity contribution is 7.21. The van der Waals surface area contributed by atoms with Gasteiger partial charge >= 0.3 is 0 Å². The van der Waals surface area contributed by atoms with Crippen molar-refractivity contribution in [1.82, 2.24) is 15.0 Å². The van der Waals surface area contributed by atoms with Gasteiger partial charge in [-0.2, -0.15) is 4.39 Å². The van der Waals surface area contributed by atoms with Crippen LogP contribution in [0.1, 0.15) is 0 Å². The number of aromatic nitrogens is 3. The van der Waals surface area contributed by atoms with Gasteiger partial charge in [-0.05, 0) is 18.2 Å². The highest BCUT2D eigenvalue weighted by atomic mass is 32.1. The molecule has 3 aromatic rings. The van der Waals surface area contributed by atoms with Crippen molar-refractivity contribution in [2.45, 2.75) is 0 Å². The van der Waals surface area contributed by atoms with Crippen LogP contribution in [-0.2, 0) is 0 Å². The second-order valence-corrected chi connectivity index (χ2v) is 4.26. The van der Waals surface area contributed by atoms with Crippen LogP contribution in [0.15, 0.2) is 36.8 Å². The molecule has 0 N–H and O–H groups in total. The minimum atomic E-state index is -0.480. The largest absolute Gasteiger partial charge is 0.262 e. The van der Waals surface area contributed by atoms with E-state index in [1.54, 1.807) is 29.8 Å². The van der Waals surface area contributed by atoms with E-state index in [0.29, 0.717) is 0 Å². The van der Waals surface area contributed by atoms with Crippen molar-refractivity contribution in [1.29, 1.82) is 0 Å². The summed E-state index contributed by atoms with van der Waals surface area (Å²) in [7, 11) is 0. The maximum absolute atomic E-state index is 12.7. The highest BCUT2D eigenvalue weighted by Crippen LogP contribution is 2.28. The molecule has 0 unspecified atom stereocenters. The Hall–Kier alpha value is -1.88. The molecule has 3 aromatic heterocycles. The monoisotopic (exact) mass is 231 g/mol. The number of hydrogen-bond donors (Lipinski definition) is 0. The SMILES string of the molecule is Fc1ccc(-c2nc3cnccc3s2)cn1. The molecule has 0 saturated carbocycles. The minimum Gasteiger partial charge on any atom is -0.262 e. The summed E-state index contributed by atoms with van der Waals surface area (Å²) in [6.07, 6.45) is 4.93. The van der Waals surface area contributed by atoms with Gasteiger partial charge in [-0.1, -0.05) is 0 Å². The fraction of sp³-hybridized carbons (Fsp3) is 0. The van der Waals surface area contributed by atoms with Crippen molar-refractivity contribution in [3.05, 3.63) is 42.7 Å². The van der Waals surface area contributed by atoms with Crippen molar-refractivity contribution in [2.24, 2.45) is 0 Å². The first-order valence-corrected chi connectivity index (χ1v) is 5.47. The predicted molar refractivity (Wildman–Crippen MR) is 60.6 cm³/mol. The maximum Gasteiger partial charge on any atom is 0.212 e. The molecular formula is C11H6FN3S. The van der Waals surface area contributed by atoms with Gasteiger partial charge in [0.05, 0.1) is 10.9 Å². The molecule has 0 bridgehead atoms. The third-order valence-corrected chi connectivity index (χ3v) is 3.25. The second kappa shape index (κ2) is 3.61. The van der Waals surface area contributed by atoms with Crippen LogP contribution in [0.2, 0.25) is 0 Å². The highest BCUT2D eigenvalue weighted by Gasteiger charge is 2.06. The molecule has 3 rings (SSSR count). The molecule has 0 amide bonds. The first-order chi connectivity index (χ1) is 7.83. The maximum atomic E-state index is 12.7. The van der Waals surface area contributed by atoms with Gasteiger partial charge in [0.2, 0.25) is 5.95 Å². The molecular weight excluding hydrogens is 225 g/mol. The lowest BCUT2D eigenvalue weighted by molar-refractivity contribution is 0.584. The van der Waals surface area contributed by atoms with Gasteiger partial charge in [0.15, 0.2) is 0 Å². The Balaban J connectivity index is 2.15. The summed E-state index contributed by atoms with van der Waals surface area (Å²) in [5.74, 6) is -0.480. The molecule has 78 valence electrons. The van der Waals surface area contributed by atoms with Gasteiger partial charge in [0.25, 0.3) is 0 Å². The van der Waals surface area contributed by atoms with Crippen molar-refractivity contribution >= 4 is 21.6 Å². The topological polar surface area (TPSA) is 38.7 Å². The second-order valence-electron chi connectivity index (χ2n) is 3.23. The van der Waals surface area contributed by atoms with Crippen LogP contribution in [0.5, 0.6) is 0 Å². The van der Waals surface area contributed by atoms with E-state index in [1.165, 1.54) is 12.3 Å². The van der Waals surface area contributed by atoms with Crippen LogP contribution in [0, 0.1) is 5.95 Å². The number of nitrogens with zero attached hydrogens (tertiary/aromatic N) is 3. The summed E-state index contributed by atoms with van der Waals surface area (Å²) in [4.78, 5) is 12.0. The molecule has 0 saturated heterocycles. The summed E-state index contributed by atoms with van der Waals surface area (Å²) >= 11 is 1.54. The van der Waals surface area contributed by atoms with E-state index in [2.05, 4.69) is 15.0 Å². The lowest BCUT2D eigenvalue weighted by atomic mass is 10.3. The molecule has 0 fully saturated rings. The van der Waals surface area contributed by atoms with Crippen LogP contribution in [0.25, 0.3) is 20.8 Å². The van der Waals surface area contributed by atoms with Crippen LogP contribution < -0.4 is 0 Å². The Kier molecular flexibility index (Phi) is 2.11. The molecule has 5 heteroatoms. The van der Waals surface area contributed by atoms with Gasteiger partial charge in [0.1, 0.15) is 10.5 Å². The summed E-state index contributed by atoms with van der Waals surface area (Å²) in [6, 6.07) is 4.92. The fourth-order valence-electron chi connectivity index (χ4n) is 1.41. The zero-order chi connectivity index (χ0) is 11.0. The summed E-state index contributed by atoms with van der Waals surface area (Å²) in [6.45, 7) is 0. The zero-order valence-corrected chi connectivity index (χ0v) is 8.91. The number of rotatable bonds is 1. The number of pyridine rings is 2. The van der Waals surface area contributed by atoms with Crippen molar-refractivity contribution < 1.29 is 4.39 Å². The normalized spacial score (nSPS) is 10.8. The first kappa shape index (κ1) is 9.35. The number of thiazole rings is 1. The molecule has 0 aromatic carbocycles. The zero-order valence-electron chi connectivity index (χ0n) is 8.09. The van der Waals surface area contributed by atoms with Crippen LogP contribution in [0.4, 0.5) is 4.39 Å². The van der Waals surface area contributed by atoms with Crippen LogP contribution >= 0.6 is 11.3 Å². The van der Waals surface area contributed by atoms with Gasteiger partial charge < -0.3 is 0 Å². The van der Waals surface area contributed by atoms with Crippen LogP contribution in [0.3, 0.4) is 0 Å². The van der Waals surface area contributed by atoms with Crippen molar-refractivity contribution in [3.63, 3.8) is 0 Å². The smallest absolute Gasteiger partial charge is 0.212 e. The third kappa shape index (κ3) is 1.55. The fourth-order valence-corrected chi connectivity index (χ4v) is 2.33. The van der Waals surface area contributed by atoms with E-state index in [0.717, 1.165) is 20.8 Å². The number of halogens is 1. The van der Waals surface area contributed by atoms with E-state index in [4.69, 9.17) is 0 Å². The molecule has 16 heavy (non-hydrogen) atoms. The Labute approximate surface area is 94.6 Å². The van der Waals surface area contributed by atoms with Gasteiger partial charge in [-0.15, -0.1) is 11.3 Å². The lowest BCUT2D eigenvalue weighted by Gasteiger charge is -1.93. The van der Waals surface area contributed by atoms with E-state index in [-0.39, 0.29) is 0 Å². The van der Waals surface area contributed by atoms with Gasteiger partial charge in [0, 0.05) is 18.0 Å². The Morgan fingerprint density at radius 3 is 2.81 bits per heavy atom. The number of fused-ring (bicyclic) bond motifs is 1. The molecule has 0 aliphatic carbocycles. The molecule has 0 radical (unpaired) electrons. The molecule has 0 atom stereocenters. The van der Waals surface area contributed by atoms with E-state index in [9.17, 15) is 4.39 Å². The van der Waals surface area contributed by atoms with Gasteiger partial charge in [-0.25, -0.2) is 9.97 Å².